The minimum absolute atomic E-state index is 0.0534. The van der Waals surface area contributed by atoms with E-state index in [1.807, 2.05) is 42.5 Å². The van der Waals surface area contributed by atoms with Gasteiger partial charge in [0.1, 0.15) is 0 Å². The topological polar surface area (TPSA) is 29.1 Å². The lowest BCUT2D eigenvalue weighted by Crippen LogP contribution is -2.05. The van der Waals surface area contributed by atoms with Crippen LogP contribution in [0, 0.1) is 0 Å². The fourth-order valence-corrected chi connectivity index (χ4v) is 2.51. The fourth-order valence-electron chi connectivity index (χ4n) is 1.88. The van der Waals surface area contributed by atoms with Gasteiger partial charge in [-0.05, 0) is 35.6 Å². The van der Waals surface area contributed by atoms with Gasteiger partial charge in [-0.1, -0.05) is 42.5 Å². The number of carbonyl (C=O) groups is 1. The van der Waals surface area contributed by atoms with Crippen LogP contribution in [-0.2, 0) is 4.79 Å². The highest BCUT2D eigenvalue weighted by molar-refractivity contribution is 8.07. The Morgan fingerprint density at radius 1 is 1.05 bits per heavy atom. The van der Waals surface area contributed by atoms with Gasteiger partial charge in [0.05, 0.1) is 0 Å². The number of amides is 1. The molecule has 102 valence electrons. The van der Waals surface area contributed by atoms with Crippen molar-refractivity contribution in [1.29, 1.82) is 0 Å². The Morgan fingerprint density at radius 2 is 1.70 bits per heavy atom. The third kappa shape index (κ3) is 4.00. The minimum Gasteiger partial charge on any atom is -0.326 e. The molecule has 0 atom stereocenters. The van der Waals surface area contributed by atoms with Crippen molar-refractivity contribution in [3.63, 3.8) is 0 Å². The molecule has 0 heterocycles. The van der Waals surface area contributed by atoms with E-state index < -0.39 is 0 Å². The quantitative estimate of drug-likeness (QED) is 0.837. The molecule has 2 rings (SSSR count). The number of thioether (sulfide) groups is 1. The van der Waals surface area contributed by atoms with E-state index in [9.17, 15) is 4.79 Å². The standard InChI is InChI=1S/C17H17NOS/c1-13(19)18-16-10-8-14(9-11-16)12-17(20-2)15-6-4-3-5-7-15/h3-12H,1-2H3,(H,18,19)/b17-12+. The van der Waals surface area contributed by atoms with Gasteiger partial charge in [0.15, 0.2) is 0 Å². The molecule has 1 N–H and O–H groups in total. The summed E-state index contributed by atoms with van der Waals surface area (Å²) in [5.41, 5.74) is 3.15. The largest absolute Gasteiger partial charge is 0.326 e. The molecular weight excluding hydrogens is 266 g/mol. The normalized spacial score (nSPS) is 11.2. The monoisotopic (exact) mass is 283 g/mol. The second kappa shape index (κ2) is 6.96. The van der Waals surface area contributed by atoms with Crippen molar-refractivity contribution in [3.8, 4) is 0 Å². The van der Waals surface area contributed by atoms with Gasteiger partial charge in [-0.15, -0.1) is 11.8 Å². The van der Waals surface area contributed by atoms with Crippen molar-refractivity contribution in [2.24, 2.45) is 0 Å². The maximum atomic E-state index is 11.0. The molecule has 0 bridgehead atoms. The van der Waals surface area contributed by atoms with Crippen LogP contribution in [0.4, 0.5) is 5.69 Å². The van der Waals surface area contributed by atoms with E-state index in [-0.39, 0.29) is 5.91 Å². The van der Waals surface area contributed by atoms with Crippen LogP contribution in [0.2, 0.25) is 0 Å². The van der Waals surface area contributed by atoms with Crippen LogP contribution in [0.5, 0.6) is 0 Å². The first-order chi connectivity index (χ1) is 9.69. The fraction of sp³-hybridized carbons (Fsp3) is 0.118. The third-order valence-corrected chi connectivity index (χ3v) is 3.60. The van der Waals surface area contributed by atoms with Crippen LogP contribution in [0.15, 0.2) is 54.6 Å². The average Bonchev–Trinajstić information content (AvgIpc) is 2.47. The second-order valence-electron chi connectivity index (χ2n) is 4.38. The number of hydrogen-bond donors (Lipinski definition) is 1. The summed E-state index contributed by atoms with van der Waals surface area (Å²) >= 11 is 1.72. The summed E-state index contributed by atoms with van der Waals surface area (Å²) in [5.74, 6) is -0.0534. The highest BCUT2D eigenvalue weighted by Crippen LogP contribution is 2.27. The SMILES string of the molecule is CS/C(=C/c1ccc(NC(C)=O)cc1)c1ccccc1. The maximum Gasteiger partial charge on any atom is 0.221 e. The number of hydrogen-bond acceptors (Lipinski definition) is 2. The van der Waals surface area contributed by atoms with Gasteiger partial charge >= 0.3 is 0 Å². The Labute approximate surface area is 123 Å². The van der Waals surface area contributed by atoms with E-state index in [2.05, 4.69) is 29.8 Å². The van der Waals surface area contributed by atoms with Crippen molar-refractivity contribution in [3.05, 3.63) is 65.7 Å². The summed E-state index contributed by atoms with van der Waals surface area (Å²) in [7, 11) is 0. The van der Waals surface area contributed by atoms with Gasteiger partial charge in [-0.25, -0.2) is 0 Å². The van der Waals surface area contributed by atoms with Gasteiger partial charge in [-0.2, -0.15) is 0 Å². The Kier molecular flexibility index (Phi) is 5.02. The molecule has 2 aromatic rings. The molecule has 2 aromatic carbocycles. The number of rotatable bonds is 4. The van der Waals surface area contributed by atoms with E-state index in [1.165, 1.54) is 17.4 Å². The van der Waals surface area contributed by atoms with E-state index in [0.29, 0.717) is 0 Å². The van der Waals surface area contributed by atoms with Gasteiger partial charge in [0.25, 0.3) is 0 Å². The highest BCUT2D eigenvalue weighted by Gasteiger charge is 2.00. The summed E-state index contributed by atoms with van der Waals surface area (Å²) in [5, 5.41) is 2.77. The first-order valence-corrected chi connectivity index (χ1v) is 7.60. The number of carbonyl (C=O) groups excluding carboxylic acids is 1. The first-order valence-electron chi connectivity index (χ1n) is 6.38. The number of nitrogens with one attached hydrogen (secondary N) is 1. The predicted molar refractivity (Wildman–Crippen MR) is 88.6 cm³/mol. The van der Waals surface area contributed by atoms with Crippen molar-refractivity contribution < 1.29 is 4.79 Å². The lowest BCUT2D eigenvalue weighted by atomic mass is 10.1. The van der Waals surface area contributed by atoms with Crippen LogP contribution in [-0.4, -0.2) is 12.2 Å². The Hall–Kier alpha value is -2.00. The maximum absolute atomic E-state index is 11.0. The Balaban J connectivity index is 2.22. The van der Waals surface area contributed by atoms with Crippen molar-refractivity contribution in [2.45, 2.75) is 6.92 Å². The molecule has 0 fully saturated rings. The van der Waals surface area contributed by atoms with Crippen LogP contribution in [0.3, 0.4) is 0 Å². The summed E-state index contributed by atoms with van der Waals surface area (Å²) < 4.78 is 0. The van der Waals surface area contributed by atoms with Crippen molar-refractivity contribution in [1.82, 2.24) is 0 Å². The lowest BCUT2D eigenvalue weighted by Gasteiger charge is -2.06. The molecule has 0 saturated carbocycles. The average molecular weight is 283 g/mol. The molecule has 2 nitrogen and oxygen atoms in total. The first kappa shape index (κ1) is 14.4. The Bertz CT molecular complexity index is 603. The summed E-state index contributed by atoms with van der Waals surface area (Å²) in [6.45, 7) is 1.51. The lowest BCUT2D eigenvalue weighted by molar-refractivity contribution is -0.114. The summed E-state index contributed by atoms with van der Waals surface area (Å²) in [6.07, 6.45) is 4.22. The van der Waals surface area contributed by atoms with Crippen LogP contribution in [0.1, 0.15) is 18.1 Å². The number of anilines is 1. The zero-order chi connectivity index (χ0) is 14.4. The molecular formula is C17H17NOS. The van der Waals surface area contributed by atoms with Crippen molar-refractivity contribution in [2.75, 3.05) is 11.6 Å². The molecule has 0 radical (unpaired) electrons. The van der Waals surface area contributed by atoms with Gasteiger partial charge in [0.2, 0.25) is 5.91 Å². The summed E-state index contributed by atoms with van der Waals surface area (Å²) in [6, 6.07) is 18.1. The highest BCUT2D eigenvalue weighted by atomic mass is 32.2. The van der Waals surface area contributed by atoms with E-state index in [4.69, 9.17) is 0 Å². The molecule has 0 aliphatic carbocycles. The molecule has 1 amide bonds. The van der Waals surface area contributed by atoms with Gasteiger partial charge in [0, 0.05) is 17.5 Å². The van der Waals surface area contributed by atoms with Gasteiger partial charge < -0.3 is 5.32 Å². The zero-order valence-corrected chi connectivity index (χ0v) is 12.4. The molecule has 0 unspecified atom stereocenters. The zero-order valence-electron chi connectivity index (χ0n) is 11.6. The van der Waals surface area contributed by atoms with Crippen LogP contribution >= 0.6 is 11.8 Å². The number of benzene rings is 2. The summed E-state index contributed by atoms with van der Waals surface area (Å²) in [4.78, 5) is 12.2. The van der Waals surface area contributed by atoms with Crippen molar-refractivity contribution >= 4 is 34.3 Å². The predicted octanol–water partition coefficient (Wildman–Crippen LogP) is 4.51. The van der Waals surface area contributed by atoms with Crippen LogP contribution in [0.25, 0.3) is 11.0 Å². The molecule has 0 aliphatic rings. The molecule has 0 aromatic heterocycles. The van der Waals surface area contributed by atoms with Crippen LogP contribution < -0.4 is 5.32 Å². The molecule has 20 heavy (non-hydrogen) atoms. The second-order valence-corrected chi connectivity index (χ2v) is 5.23. The van der Waals surface area contributed by atoms with E-state index in [1.54, 1.807) is 11.8 Å². The third-order valence-electron chi connectivity index (χ3n) is 2.81. The van der Waals surface area contributed by atoms with E-state index in [0.717, 1.165) is 11.3 Å². The molecule has 0 saturated heterocycles. The smallest absolute Gasteiger partial charge is 0.221 e. The van der Waals surface area contributed by atoms with Gasteiger partial charge in [-0.3, -0.25) is 4.79 Å². The minimum atomic E-state index is -0.0534. The Morgan fingerprint density at radius 3 is 2.25 bits per heavy atom. The molecule has 0 aliphatic heterocycles. The molecule has 0 spiro atoms. The van der Waals surface area contributed by atoms with E-state index >= 15 is 0 Å². The molecule has 3 heteroatoms.